The normalized spacial score (nSPS) is 12.7. The number of aryl methyl sites for hydroxylation is 1. The minimum absolute atomic E-state index is 0.347. The van der Waals surface area contributed by atoms with Crippen LogP contribution in [0.2, 0.25) is 0 Å². The van der Waals surface area contributed by atoms with Crippen molar-refractivity contribution < 1.29 is 0 Å². The summed E-state index contributed by atoms with van der Waals surface area (Å²) in [4.78, 5) is 7.79. The van der Waals surface area contributed by atoms with Gasteiger partial charge in [-0.2, -0.15) is 0 Å². The Morgan fingerprint density at radius 1 is 1.11 bits per heavy atom. The zero-order chi connectivity index (χ0) is 13.2. The van der Waals surface area contributed by atoms with E-state index in [9.17, 15) is 0 Å². The lowest BCUT2D eigenvalue weighted by Gasteiger charge is -2.08. The van der Waals surface area contributed by atoms with Gasteiger partial charge < -0.3 is 0 Å². The van der Waals surface area contributed by atoms with E-state index in [1.54, 1.807) is 0 Å². The molecular weight excluding hydrogens is 318 g/mol. The number of hydrogen-bond acceptors (Lipinski definition) is 2. The molecule has 2 aromatic heterocycles. The zero-order valence-corrected chi connectivity index (χ0v) is 13.0. The van der Waals surface area contributed by atoms with Crippen LogP contribution in [0.1, 0.15) is 20.3 Å². The van der Waals surface area contributed by atoms with E-state index in [1.165, 1.54) is 15.1 Å². The highest BCUT2D eigenvalue weighted by Crippen LogP contribution is 2.32. The van der Waals surface area contributed by atoms with Gasteiger partial charge in [0.25, 0.3) is 0 Å². The van der Waals surface area contributed by atoms with Gasteiger partial charge in [0.2, 0.25) is 0 Å². The second-order valence-electron chi connectivity index (χ2n) is 4.62. The van der Waals surface area contributed by atoms with Gasteiger partial charge in [0.1, 0.15) is 0 Å². The molecule has 1 nitrogen and oxygen atoms in total. The molecule has 0 spiro atoms. The van der Waals surface area contributed by atoms with Crippen molar-refractivity contribution in [1.29, 1.82) is 0 Å². The van der Waals surface area contributed by atoms with Gasteiger partial charge in [0, 0.05) is 27.3 Å². The van der Waals surface area contributed by atoms with Crippen LogP contribution in [0.15, 0.2) is 48.5 Å². The fourth-order valence-corrected chi connectivity index (χ4v) is 3.75. The second kappa shape index (κ2) is 5.43. The molecule has 0 aliphatic rings. The minimum Gasteiger partial charge on any atom is -0.253 e. The van der Waals surface area contributed by atoms with Crippen LogP contribution in [0.4, 0.5) is 0 Å². The van der Waals surface area contributed by atoms with Crippen molar-refractivity contribution in [3.05, 3.63) is 64.0 Å². The zero-order valence-electron chi connectivity index (χ0n) is 10.6. The minimum atomic E-state index is 0.347. The Morgan fingerprint density at radius 2 is 1.95 bits per heavy atom. The maximum Gasteiger partial charge on any atom is 0.0705 e. The Hall–Kier alpha value is -1.19. The molecule has 0 saturated carbocycles. The highest BCUT2D eigenvalue weighted by molar-refractivity contribution is 9.09. The molecule has 0 radical (unpaired) electrons. The highest BCUT2D eigenvalue weighted by Gasteiger charge is 2.11. The highest BCUT2D eigenvalue weighted by atomic mass is 79.9. The standard InChI is InChI=1S/C16H14BrNS/c1-11-6-9-16(19-11)14(17)10-13-8-7-12-4-2-3-5-15(12)18-13/h2-9,14H,10H2,1H3. The Kier molecular flexibility index (Phi) is 3.67. The van der Waals surface area contributed by atoms with Crippen molar-refractivity contribution in [2.24, 2.45) is 0 Å². The number of pyridine rings is 1. The molecule has 19 heavy (non-hydrogen) atoms. The van der Waals surface area contributed by atoms with Crippen LogP contribution in [0, 0.1) is 6.92 Å². The molecule has 2 heterocycles. The van der Waals surface area contributed by atoms with Crippen LogP contribution in [0.25, 0.3) is 10.9 Å². The third-order valence-corrected chi connectivity index (χ3v) is 5.35. The molecule has 3 rings (SSSR count). The van der Waals surface area contributed by atoms with E-state index >= 15 is 0 Å². The maximum atomic E-state index is 4.72. The first-order valence-electron chi connectivity index (χ1n) is 6.27. The maximum absolute atomic E-state index is 4.72. The van der Waals surface area contributed by atoms with Crippen LogP contribution in [0.3, 0.4) is 0 Å². The molecule has 0 aliphatic carbocycles. The van der Waals surface area contributed by atoms with E-state index < -0.39 is 0 Å². The molecule has 0 bridgehead atoms. The molecule has 1 unspecified atom stereocenters. The van der Waals surface area contributed by atoms with Gasteiger partial charge in [0.05, 0.1) is 10.3 Å². The van der Waals surface area contributed by atoms with Crippen LogP contribution in [-0.4, -0.2) is 4.98 Å². The van der Waals surface area contributed by atoms with Crippen molar-refractivity contribution in [3.63, 3.8) is 0 Å². The molecule has 96 valence electrons. The largest absolute Gasteiger partial charge is 0.253 e. The lowest BCUT2D eigenvalue weighted by molar-refractivity contribution is 0.929. The predicted molar refractivity (Wildman–Crippen MR) is 86.2 cm³/mol. The number of aromatic nitrogens is 1. The molecule has 0 amide bonds. The average molecular weight is 332 g/mol. The molecule has 3 aromatic rings. The summed E-state index contributed by atoms with van der Waals surface area (Å²) in [6.45, 7) is 2.14. The van der Waals surface area contributed by atoms with E-state index in [1.807, 2.05) is 23.5 Å². The van der Waals surface area contributed by atoms with Gasteiger partial charge in [-0.1, -0.05) is 40.2 Å². The Morgan fingerprint density at radius 3 is 2.74 bits per heavy atom. The number of para-hydroxylation sites is 1. The van der Waals surface area contributed by atoms with Crippen LogP contribution in [-0.2, 0) is 6.42 Å². The molecule has 1 aromatic carbocycles. The summed E-state index contributed by atoms with van der Waals surface area (Å²) in [7, 11) is 0. The molecular formula is C16H14BrNS. The molecule has 3 heteroatoms. The Bertz CT molecular complexity index is 705. The van der Waals surface area contributed by atoms with Crippen molar-refractivity contribution in [3.8, 4) is 0 Å². The summed E-state index contributed by atoms with van der Waals surface area (Å²) in [6, 6.07) is 16.9. The summed E-state index contributed by atoms with van der Waals surface area (Å²) in [6.07, 6.45) is 0.921. The average Bonchev–Trinajstić information content (AvgIpc) is 2.85. The number of nitrogens with zero attached hydrogens (tertiary/aromatic N) is 1. The lowest BCUT2D eigenvalue weighted by Crippen LogP contribution is -1.96. The number of benzene rings is 1. The van der Waals surface area contributed by atoms with Gasteiger partial charge in [0.15, 0.2) is 0 Å². The van der Waals surface area contributed by atoms with Gasteiger partial charge in [-0.25, -0.2) is 0 Å². The van der Waals surface area contributed by atoms with Crippen LogP contribution in [0.5, 0.6) is 0 Å². The third-order valence-electron chi connectivity index (χ3n) is 3.11. The van der Waals surface area contributed by atoms with Gasteiger partial charge >= 0.3 is 0 Å². The summed E-state index contributed by atoms with van der Waals surface area (Å²) < 4.78 is 0. The lowest BCUT2D eigenvalue weighted by atomic mass is 10.1. The van der Waals surface area contributed by atoms with E-state index in [0.717, 1.165) is 17.6 Å². The van der Waals surface area contributed by atoms with E-state index in [-0.39, 0.29) is 0 Å². The van der Waals surface area contributed by atoms with Crippen molar-refractivity contribution in [2.75, 3.05) is 0 Å². The fourth-order valence-electron chi connectivity index (χ4n) is 2.13. The van der Waals surface area contributed by atoms with Crippen molar-refractivity contribution >= 4 is 38.2 Å². The summed E-state index contributed by atoms with van der Waals surface area (Å²) in [5, 5.41) is 1.20. The number of alkyl halides is 1. The number of fused-ring (bicyclic) bond motifs is 1. The van der Waals surface area contributed by atoms with Crippen LogP contribution >= 0.6 is 27.3 Å². The van der Waals surface area contributed by atoms with E-state index in [2.05, 4.69) is 59.3 Å². The quantitative estimate of drug-likeness (QED) is 0.594. The molecule has 0 aliphatic heterocycles. The second-order valence-corrected chi connectivity index (χ2v) is 7.04. The number of halogens is 1. The first-order chi connectivity index (χ1) is 9.22. The van der Waals surface area contributed by atoms with E-state index in [4.69, 9.17) is 4.98 Å². The summed E-state index contributed by atoms with van der Waals surface area (Å²) in [5.41, 5.74) is 2.20. The van der Waals surface area contributed by atoms with Crippen molar-refractivity contribution in [2.45, 2.75) is 18.2 Å². The topological polar surface area (TPSA) is 12.9 Å². The molecule has 0 N–H and O–H groups in total. The third kappa shape index (κ3) is 2.88. The van der Waals surface area contributed by atoms with Gasteiger partial charge in [-0.3, -0.25) is 4.98 Å². The van der Waals surface area contributed by atoms with Gasteiger partial charge in [-0.05, 0) is 31.2 Å². The molecule has 1 atom stereocenters. The number of thiophene rings is 1. The van der Waals surface area contributed by atoms with E-state index in [0.29, 0.717) is 4.83 Å². The molecule has 0 fully saturated rings. The smallest absolute Gasteiger partial charge is 0.0705 e. The first-order valence-corrected chi connectivity index (χ1v) is 8.01. The monoisotopic (exact) mass is 331 g/mol. The number of hydrogen-bond donors (Lipinski definition) is 0. The predicted octanol–water partition coefficient (Wildman–Crippen LogP) is 5.28. The first kappa shape index (κ1) is 12.8. The fraction of sp³-hybridized carbons (Fsp3) is 0.188. The SMILES string of the molecule is Cc1ccc(C(Br)Cc2ccc3ccccc3n2)s1. The Balaban J connectivity index is 1.84. The number of rotatable bonds is 3. The Labute approximate surface area is 125 Å². The molecule has 0 saturated heterocycles. The summed E-state index contributed by atoms with van der Waals surface area (Å²) in [5.74, 6) is 0. The van der Waals surface area contributed by atoms with Crippen molar-refractivity contribution in [1.82, 2.24) is 4.98 Å². The van der Waals surface area contributed by atoms with Crippen LogP contribution < -0.4 is 0 Å². The summed E-state index contributed by atoms with van der Waals surface area (Å²) >= 11 is 5.61. The van der Waals surface area contributed by atoms with Gasteiger partial charge in [-0.15, -0.1) is 11.3 Å².